The van der Waals surface area contributed by atoms with Crippen molar-refractivity contribution in [3.8, 4) is 0 Å². The first-order valence-electron chi connectivity index (χ1n) is 5.98. The molecular formula is C11H25N3O2S. The van der Waals surface area contributed by atoms with Gasteiger partial charge in [-0.3, -0.25) is 4.99 Å². The number of nitrogens with one attached hydrogen (secondary N) is 2. The summed E-state index contributed by atoms with van der Waals surface area (Å²) in [6, 6.07) is 0.297. The van der Waals surface area contributed by atoms with Crippen LogP contribution < -0.4 is 10.6 Å². The Morgan fingerprint density at radius 1 is 1.29 bits per heavy atom. The van der Waals surface area contributed by atoms with Crippen molar-refractivity contribution in [3.05, 3.63) is 0 Å². The van der Waals surface area contributed by atoms with E-state index in [2.05, 4.69) is 36.4 Å². The van der Waals surface area contributed by atoms with Gasteiger partial charge in [-0.25, -0.2) is 8.42 Å². The Morgan fingerprint density at radius 3 is 2.29 bits per heavy atom. The predicted octanol–water partition coefficient (Wildman–Crippen LogP) is 0.631. The van der Waals surface area contributed by atoms with Gasteiger partial charge < -0.3 is 10.6 Å². The molecule has 0 aliphatic rings. The first-order chi connectivity index (χ1) is 7.76. The molecule has 0 aromatic carbocycles. The Balaban J connectivity index is 4.36. The molecule has 0 spiro atoms. The minimum Gasteiger partial charge on any atom is -0.357 e. The van der Waals surface area contributed by atoms with Crippen LogP contribution in [-0.4, -0.2) is 45.5 Å². The van der Waals surface area contributed by atoms with Gasteiger partial charge in [0.2, 0.25) is 0 Å². The quantitative estimate of drug-likeness (QED) is 0.545. The zero-order valence-electron chi connectivity index (χ0n) is 11.4. The fourth-order valence-corrected chi connectivity index (χ4v) is 1.45. The SMILES string of the molecule is CCNC(=NCCS(C)(=O)=O)NC(C)C(C)C. The van der Waals surface area contributed by atoms with Crippen LogP contribution in [0.4, 0.5) is 0 Å². The molecule has 0 aromatic rings. The monoisotopic (exact) mass is 263 g/mol. The fraction of sp³-hybridized carbons (Fsp3) is 0.909. The molecule has 5 nitrogen and oxygen atoms in total. The molecule has 0 bridgehead atoms. The molecule has 0 aromatic heterocycles. The highest BCUT2D eigenvalue weighted by atomic mass is 32.2. The molecule has 0 fully saturated rings. The second-order valence-corrected chi connectivity index (χ2v) is 6.83. The number of rotatable bonds is 6. The van der Waals surface area contributed by atoms with Crippen molar-refractivity contribution in [2.24, 2.45) is 10.9 Å². The molecule has 17 heavy (non-hydrogen) atoms. The van der Waals surface area contributed by atoms with E-state index < -0.39 is 9.84 Å². The molecule has 2 N–H and O–H groups in total. The predicted molar refractivity (Wildman–Crippen MR) is 73.1 cm³/mol. The van der Waals surface area contributed by atoms with Gasteiger partial charge in [0.15, 0.2) is 5.96 Å². The first kappa shape index (κ1) is 16.2. The van der Waals surface area contributed by atoms with Crippen LogP contribution in [0.2, 0.25) is 0 Å². The van der Waals surface area contributed by atoms with Gasteiger partial charge in [-0.05, 0) is 19.8 Å². The Labute approximate surface area is 105 Å². The van der Waals surface area contributed by atoms with E-state index in [0.717, 1.165) is 6.54 Å². The third kappa shape index (κ3) is 8.97. The van der Waals surface area contributed by atoms with E-state index in [4.69, 9.17) is 0 Å². The molecule has 102 valence electrons. The van der Waals surface area contributed by atoms with Crippen LogP contribution in [0.25, 0.3) is 0 Å². The van der Waals surface area contributed by atoms with Crippen molar-refractivity contribution in [1.82, 2.24) is 10.6 Å². The normalized spacial score (nSPS) is 14.8. The summed E-state index contributed by atoms with van der Waals surface area (Å²) in [4.78, 5) is 4.24. The standard InChI is InChI=1S/C11H25N3O2S/c1-6-12-11(14-10(4)9(2)3)13-7-8-17(5,15)16/h9-10H,6-8H2,1-5H3,(H2,12,13,14). The Kier molecular flexibility index (Phi) is 7.18. The Bertz CT molecular complexity index is 337. The lowest BCUT2D eigenvalue weighted by Crippen LogP contribution is -2.44. The van der Waals surface area contributed by atoms with Gasteiger partial charge >= 0.3 is 0 Å². The highest BCUT2D eigenvalue weighted by molar-refractivity contribution is 7.90. The van der Waals surface area contributed by atoms with Gasteiger partial charge in [-0.2, -0.15) is 0 Å². The van der Waals surface area contributed by atoms with E-state index in [-0.39, 0.29) is 5.75 Å². The number of guanidine groups is 1. The van der Waals surface area contributed by atoms with E-state index in [9.17, 15) is 8.42 Å². The minimum atomic E-state index is -2.94. The molecule has 6 heteroatoms. The zero-order chi connectivity index (χ0) is 13.5. The van der Waals surface area contributed by atoms with Crippen molar-refractivity contribution in [1.29, 1.82) is 0 Å². The Hall–Kier alpha value is -0.780. The van der Waals surface area contributed by atoms with Crippen LogP contribution in [0.1, 0.15) is 27.7 Å². The lowest BCUT2D eigenvalue weighted by atomic mass is 10.1. The number of hydrogen-bond donors (Lipinski definition) is 2. The van der Waals surface area contributed by atoms with Crippen molar-refractivity contribution >= 4 is 15.8 Å². The summed E-state index contributed by atoms with van der Waals surface area (Å²) in [6.45, 7) is 9.35. The lowest BCUT2D eigenvalue weighted by Gasteiger charge is -2.20. The number of hydrogen-bond acceptors (Lipinski definition) is 3. The summed E-state index contributed by atoms with van der Waals surface area (Å²) in [5.41, 5.74) is 0. The zero-order valence-corrected chi connectivity index (χ0v) is 12.3. The van der Waals surface area contributed by atoms with Crippen LogP contribution in [0.5, 0.6) is 0 Å². The summed E-state index contributed by atoms with van der Waals surface area (Å²) in [5, 5.41) is 6.35. The molecule has 0 saturated heterocycles. The van der Waals surface area contributed by atoms with E-state index >= 15 is 0 Å². The van der Waals surface area contributed by atoms with Crippen molar-refractivity contribution < 1.29 is 8.42 Å². The second-order valence-electron chi connectivity index (χ2n) is 4.57. The molecule has 0 rings (SSSR count). The average Bonchev–Trinajstić information content (AvgIpc) is 2.15. The smallest absolute Gasteiger partial charge is 0.191 e. The molecule has 0 aliphatic carbocycles. The maximum absolute atomic E-state index is 11.0. The number of nitrogens with zero attached hydrogens (tertiary/aromatic N) is 1. The average molecular weight is 263 g/mol. The van der Waals surface area contributed by atoms with E-state index in [1.54, 1.807) is 0 Å². The van der Waals surface area contributed by atoms with E-state index in [0.29, 0.717) is 24.5 Å². The van der Waals surface area contributed by atoms with E-state index in [1.165, 1.54) is 6.26 Å². The van der Waals surface area contributed by atoms with Crippen LogP contribution in [0.3, 0.4) is 0 Å². The third-order valence-electron chi connectivity index (χ3n) is 2.44. The van der Waals surface area contributed by atoms with Gasteiger partial charge in [-0.1, -0.05) is 13.8 Å². The molecular weight excluding hydrogens is 238 g/mol. The van der Waals surface area contributed by atoms with Gasteiger partial charge in [0, 0.05) is 18.8 Å². The second kappa shape index (κ2) is 7.53. The summed E-state index contributed by atoms with van der Waals surface area (Å²) in [6.07, 6.45) is 1.22. The number of aliphatic imine (C=N–C) groups is 1. The lowest BCUT2D eigenvalue weighted by molar-refractivity contribution is 0.481. The largest absolute Gasteiger partial charge is 0.357 e. The van der Waals surface area contributed by atoms with Crippen molar-refractivity contribution in [3.63, 3.8) is 0 Å². The topological polar surface area (TPSA) is 70.6 Å². The molecule has 0 amide bonds. The summed E-state index contributed by atoms with van der Waals surface area (Å²) < 4.78 is 22.0. The fourth-order valence-electron chi connectivity index (χ4n) is 1.03. The van der Waals surface area contributed by atoms with Crippen LogP contribution in [0.15, 0.2) is 4.99 Å². The first-order valence-corrected chi connectivity index (χ1v) is 8.05. The van der Waals surface area contributed by atoms with E-state index in [1.807, 2.05) is 6.92 Å². The summed E-state index contributed by atoms with van der Waals surface area (Å²) in [5.74, 6) is 1.26. The highest BCUT2D eigenvalue weighted by Crippen LogP contribution is 1.99. The summed E-state index contributed by atoms with van der Waals surface area (Å²) in [7, 11) is -2.94. The highest BCUT2D eigenvalue weighted by Gasteiger charge is 2.09. The van der Waals surface area contributed by atoms with Gasteiger partial charge in [-0.15, -0.1) is 0 Å². The third-order valence-corrected chi connectivity index (χ3v) is 3.36. The Morgan fingerprint density at radius 2 is 1.88 bits per heavy atom. The molecule has 0 aliphatic heterocycles. The summed E-state index contributed by atoms with van der Waals surface area (Å²) >= 11 is 0. The minimum absolute atomic E-state index is 0.0830. The van der Waals surface area contributed by atoms with Crippen molar-refractivity contribution in [2.45, 2.75) is 33.7 Å². The molecule has 1 atom stereocenters. The molecule has 0 saturated carbocycles. The molecule has 0 radical (unpaired) electrons. The van der Waals surface area contributed by atoms with Gasteiger partial charge in [0.05, 0.1) is 12.3 Å². The van der Waals surface area contributed by atoms with Crippen LogP contribution in [0, 0.1) is 5.92 Å². The maximum Gasteiger partial charge on any atom is 0.191 e. The van der Waals surface area contributed by atoms with Crippen LogP contribution in [-0.2, 0) is 9.84 Å². The van der Waals surface area contributed by atoms with Gasteiger partial charge in [0.25, 0.3) is 0 Å². The number of sulfone groups is 1. The van der Waals surface area contributed by atoms with Gasteiger partial charge in [0.1, 0.15) is 9.84 Å². The maximum atomic E-state index is 11.0. The molecule has 1 unspecified atom stereocenters. The van der Waals surface area contributed by atoms with Crippen LogP contribution >= 0.6 is 0 Å². The molecule has 0 heterocycles. The van der Waals surface area contributed by atoms with Crippen molar-refractivity contribution in [2.75, 3.05) is 25.1 Å².